The van der Waals surface area contributed by atoms with Crippen LogP contribution >= 0.6 is 11.6 Å². The van der Waals surface area contributed by atoms with E-state index in [1.807, 2.05) is 18.2 Å². The molecule has 0 saturated carbocycles. The Labute approximate surface area is 149 Å². The summed E-state index contributed by atoms with van der Waals surface area (Å²) >= 11 is 6.08. The largest absolute Gasteiger partial charge is 0.392 e. The van der Waals surface area contributed by atoms with Gasteiger partial charge in [0.25, 0.3) is 0 Å². The molecule has 0 aliphatic carbocycles. The van der Waals surface area contributed by atoms with Gasteiger partial charge in [-0.15, -0.1) is 0 Å². The van der Waals surface area contributed by atoms with Gasteiger partial charge in [0, 0.05) is 37.2 Å². The lowest BCUT2D eigenvalue weighted by molar-refractivity contribution is 0.174. The number of nitrogens with one attached hydrogen (secondary N) is 1. The summed E-state index contributed by atoms with van der Waals surface area (Å²) in [6, 6.07) is 16.8. The summed E-state index contributed by atoms with van der Waals surface area (Å²) in [6.07, 6.45) is 0.713. The standard InChI is InChI=1S/C20H25ClN2O/c1-15(16-7-4-8-19(21)11-16)22-12-17-5-2-3-6-18(17)13-23-10-9-20(24)14-23/h2-8,11,15,20,22,24H,9-10,12-14H2,1H3/t15-,20-/m0/s1. The van der Waals surface area contributed by atoms with Gasteiger partial charge in [-0.3, -0.25) is 4.90 Å². The van der Waals surface area contributed by atoms with Crippen LogP contribution in [0.2, 0.25) is 5.02 Å². The molecule has 2 N–H and O–H groups in total. The second kappa shape index (κ2) is 8.13. The Bertz CT molecular complexity index is 676. The van der Waals surface area contributed by atoms with Gasteiger partial charge in [0.2, 0.25) is 0 Å². The van der Waals surface area contributed by atoms with Crippen LogP contribution in [-0.4, -0.2) is 29.2 Å². The molecule has 1 saturated heterocycles. The second-order valence-corrected chi connectivity index (χ2v) is 7.04. The number of β-amino-alcohol motifs (C(OH)–C–C–N with tert-alkyl or cyclic N) is 1. The van der Waals surface area contributed by atoms with Crippen molar-refractivity contribution in [1.29, 1.82) is 0 Å². The Hall–Kier alpha value is -1.39. The van der Waals surface area contributed by atoms with Crippen molar-refractivity contribution in [2.45, 2.75) is 38.6 Å². The second-order valence-electron chi connectivity index (χ2n) is 6.60. The first-order valence-electron chi connectivity index (χ1n) is 8.58. The van der Waals surface area contributed by atoms with Crippen molar-refractivity contribution < 1.29 is 5.11 Å². The molecule has 1 aliphatic rings. The summed E-state index contributed by atoms with van der Waals surface area (Å²) in [7, 11) is 0. The number of aliphatic hydroxyl groups is 1. The van der Waals surface area contributed by atoms with Crippen LogP contribution in [0.4, 0.5) is 0 Å². The third-order valence-corrected chi connectivity index (χ3v) is 4.94. The van der Waals surface area contributed by atoms with Crippen LogP contribution in [0.15, 0.2) is 48.5 Å². The van der Waals surface area contributed by atoms with E-state index in [2.05, 4.69) is 47.5 Å². The lowest BCUT2D eigenvalue weighted by Gasteiger charge is -2.20. The van der Waals surface area contributed by atoms with E-state index in [4.69, 9.17) is 11.6 Å². The molecule has 2 aromatic rings. The first-order chi connectivity index (χ1) is 11.6. The van der Waals surface area contributed by atoms with Gasteiger partial charge < -0.3 is 10.4 Å². The molecule has 0 aromatic heterocycles. The molecular weight excluding hydrogens is 320 g/mol. The third-order valence-electron chi connectivity index (χ3n) is 4.71. The summed E-state index contributed by atoms with van der Waals surface area (Å²) in [5.74, 6) is 0. The smallest absolute Gasteiger partial charge is 0.0679 e. The van der Waals surface area contributed by atoms with E-state index in [0.29, 0.717) is 0 Å². The zero-order valence-electron chi connectivity index (χ0n) is 14.1. The Morgan fingerprint density at radius 3 is 2.71 bits per heavy atom. The van der Waals surface area contributed by atoms with Crippen LogP contribution in [0.3, 0.4) is 0 Å². The molecule has 24 heavy (non-hydrogen) atoms. The first kappa shape index (κ1) is 17.4. The summed E-state index contributed by atoms with van der Waals surface area (Å²) in [4.78, 5) is 2.32. The number of rotatable bonds is 6. The summed E-state index contributed by atoms with van der Waals surface area (Å²) < 4.78 is 0. The van der Waals surface area contributed by atoms with Gasteiger partial charge in [0.05, 0.1) is 6.10 Å². The zero-order valence-corrected chi connectivity index (χ0v) is 14.8. The SMILES string of the molecule is C[C@H](NCc1ccccc1CN1CC[C@H](O)C1)c1cccc(Cl)c1. The maximum absolute atomic E-state index is 9.71. The number of nitrogens with zero attached hydrogens (tertiary/aromatic N) is 1. The van der Waals surface area contributed by atoms with Gasteiger partial charge in [0.15, 0.2) is 0 Å². The monoisotopic (exact) mass is 344 g/mol. The molecule has 1 aliphatic heterocycles. The van der Waals surface area contributed by atoms with E-state index in [1.54, 1.807) is 0 Å². The Balaban J connectivity index is 1.62. The predicted octanol–water partition coefficient (Wildman–Crippen LogP) is 3.76. The normalized spacial score (nSPS) is 19.5. The fraction of sp³-hybridized carbons (Fsp3) is 0.400. The van der Waals surface area contributed by atoms with Crippen LogP contribution in [0.1, 0.15) is 36.1 Å². The number of likely N-dealkylation sites (tertiary alicyclic amines) is 1. The first-order valence-corrected chi connectivity index (χ1v) is 8.95. The number of hydrogen-bond acceptors (Lipinski definition) is 3. The van der Waals surface area contributed by atoms with Crippen molar-refractivity contribution in [3.63, 3.8) is 0 Å². The van der Waals surface area contributed by atoms with E-state index in [0.717, 1.165) is 37.6 Å². The Morgan fingerprint density at radius 2 is 2.00 bits per heavy atom. The maximum Gasteiger partial charge on any atom is 0.0679 e. The quantitative estimate of drug-likeness (QED) is 0.837. The van der Waals surface area contributed by atoms with E-state index in [-0.39, 0.29) is 12.1 Å². The van der Waals surface area contributed by atoms with Crippen molar-refractivity contribution in [1.82, 2.24) is 10.2 Å². The van der Waals surface area contributed by atoms with Crippen molar-refractivity contribution >= 4 is 11.6 Å². The average molecular weight is 345 g/mol. The topological polar surface area (TPSA) is 35.5 Å². The molecule has 3 rings (SSSR count). The van der Waals surface area contributed by atoms with Gasteiger partial charge in [-0.2, -0.15) is 0 Å². The van der Waals surface area contributed by atoms with Gasteiger partial charge in [0.1, 0.15) is 0 Å². The number of hydrogen-bond donors (Lipinski definition) is 2. The molecule has 1 heterocycles. The minimum Gasteiger partial charge on any atom is -0.392 e. The molecule has 3 nitrogen and oxygen atoms in total. The van der Waals surface area contributed by atoms with Crippen LogP contribution in [0.25, 0.3) is 0 Å². The van der Waals surface area contributed by atoms with Crippen LogP contribution in [0, 0.1) is 0 Å². The van der Waals surface area contributed by atoms with E-state index in [9.17, 15) is 5.11 Å². The van der Waals surface area contributed by atoms with Crippen LogP contribution in [0.5, 0.6) is 0 Å². The fourth-order valence-corrected chi connectivity index (χ4v) is 3.44. The molecule has 0 amide bonds. The highest BCUT2D eigenvalue weighted by atomic mass is 35.5. The van der Waals surface area contributed by atoms with Gasteiger partial charge in [-0.25, -0.2) is 0 Å². The highest BCUT2D eigenvalue weighted by Crippen LogP contribution is 2.20. The summed E-state index contributed by atoms with van der Waals surface area (Å²) in [5.41, 5.74) is 3.84. The highest BCUT2D eigenvalue weighted by Gasteiger charge is 2.20. The molecule has 0 radical (unpaired) electrons. The van der Waals surface area contributed by atoms with E-state index in [1.165, 1.54) is 16.7 Å². The van der Waals surface area contributed by atoms with Crippen molar-refractivity contribution in [2.75, 3.05) is 13.1 Å². The molecular formula is C20H25ClN2O. The predicted molar refractivity (Wildman–Crippen MR) is 99.0 cm³/mol. The summed E-state index contributed by atoms with van der Waals surface area (Å²) in [5, 5.41) is 14.1. The van der Waals surface area contributed by atoms with E-state index >= 15 is 0 Å². The number of aliphatic hydroxyl groups excluding tert-OH is 1. The molecule has 2 aromatic carbocycles. The van der Waals surface area contributed by atoms with Gasteiger partial charge in [-0.1, -0.05) is 48.0 Å². The Kier molecular flexibility index (Phi) is 5.90. The molecule has 1 fully saturated rings. The zero-order chi connectivity index (χ0) is 16.9. The third kappa shape index (κ3) is 4.58. The average Bonchev–Trinajstić information content (AvgIpc) is 2.99. The van der Waals surface area contributed by atoms with Crippen LogP contribution < -0.4 is 5.32 Å². The van der Waals surface area contributed by atoms with Crippen molar-refractivity contribution in [2.24, 2.45) is 0 Å². The molecule has 0 unspecified atom stereocenters. The highest BCUT2D eigenvalue weighted by molar-refractivity contribution is 6.30. The number of halogens is 1. The summed E-state index contributed by atoms with van der Waals surface area (Å²) in [6.45, 7) is 5.63. The van der Waals surface area contributed by atoms with E-state index < -0.39 is 0 Å². The molecule has 0 bridgehead atoms. The van der Waals surface area contributed by atoms with Crippen LogP contribution in [-0.2, 0) is 13.1 Å². The minimum absolute atomic E-state index is 0.168. The molecule has 128 valence electrons. The van der Waals surface area contributed by atoms with Gasteiger partial charge >= 0.3 is 0 Å². The molecule has 0 spiro atoms. The maximum atomic E-state index is 9.71. The van der Waals surface area contributed by atoms with Crippen molar-refractivity contribution in [3.05, 3.63) is 70.2 Å². The Morgan fingerprint density at radius 1 is 1.21 bits per heavy atom. The molecule has 2 atom stereocenters. The number of benzene rings is 2. The fourth-order valence-electron chi connectivity index (χ4n) is 3.24. The minimum atomic E-state index is -0.168. The lowest BCUT2D eigenvalue weighted by atomic mass is 10.0. The lowest BCUT2D eigenvalue weighted by Crippen LogP contribution is -2.24. The van der Waals surface area contributed by atoms with Gasteiger partial charge in [-0.05, 0) is 42.2 Å². The molecule has 4 heteroatoms. The van der Waals surface area contributed by atoms with Crippen molar-refractivity contribution in [3.8, 4) is 0 Å².